The number of aromatic nitrogens is 2. The van der Waals surface area contributed by atoms with E-state index in [1.807, 2.05) is 17.7 Å². The summed E-state index contributed by atoms with van der Waals surface area (Å²) in [7, 11) is 0. The fraction of sp³-hybridized carbons (Fsp3) is 0.500. The molecule has 0 saturated heterocycles. The molecule has 0 aliphatic rings. The van der Waals surface area contributed by atoms with Gasteiger partial charge in [-0.25, -0.2) is 0 Å². The van der Waals surface area contributed by atoms with Crippen LogP contribution in [0.1, 0.15) is 24.2 Å². The van der Waals surface area contributed by atoms with Gasteiger partial charge < -0.3 is 0 Å². The van der Waals surface area contributed by atoms with E-state index >= 15 is 0 Å². The van der Waals surface area contributed by atoms with E-state index < -0.39 is 0 Å². The molecule has 0 atom stereocenters. The summed E-state index contributed by atoms with van der Waals surface area (Å²) in [5.41, 5.74) is 2.28. The Balaban J connectivity index is 2.66. The Kier molecular flexibility index (Phi) is 3.72. The first-order valence-corrected chi connectivity index (χ1v) is 5.26. The fourth-order valence-corrected chi connectivity index (χ4v) is 1.56. The molecule has 1 heterocycles. The van der Waals surface area contributed by atoms with Crippen molar-refractivity contribution in [1.29, 1.82) is 0 Å². The molecule has 0 aliphatic heterocycles. The largest absolute Gasteiger partial charge is 0.268 e. The number of unbranched alkanes of at least 4 members (excludes halogenated alkanes) is 1. The van der Waals surface area contributed by atoms with Crippen LogP contribution in [0.4, 0.5) is 0 Å². The molecule has 13 heavy (non-hydrogen) atoms. The third-order valence-corrected chi connectivity index (χ3v) is 3.22. The van der Waals surface area contributed by atoms with Gasteiger partial charge >= 0.3 is 0 Å². The van der Waals surface area contributed by atoms with Gasteiger partial charge in [-0.2, -0.15) is 5.10 Å². The Hall–Kier alpha value is -0.570. The van der Waals surface area contributed by atoms with Crippen LogP contribution < -0.4 is 0 Å². The minimum absolute atomic E-state index is 0.976. The quantitative estimate of drug-likeness (QED) is 0.586. The second-order valence-corrected chi connectivity index (χ2v) is 3.93. The Labute approximate surface area is 87.8 Å². The number of nitrogens with zero attached hydrogens (tertiary/aromatic N) is 2. The topological polar surface area (TPSA) is 17.8 Å². The van der Waals surface area contributed by atoms with Crippen molar-refractivity contribution in [2.24, 2.45) is 0 Å². The van der Waals surface area contributed by atoms with Gasteiger partial charge in [-0.3, -0.25) is 4.68 Å². The summed E-state index contributed by atoms with van der Waals surface area (Å²) in [5, 5.41) is 4.42. The lowest BCUT2D eigenvalue weighted by molar-refractivity contribution is 0.566. The lowest BCUT2D eigenvalue weighted by atomic mass is 10.3. The van der Waals surface area contributed by atoms with Gasteiger partial charge in [-0.05, 0) is 42.6 Å². The van der Waals surface area contributed by atoms with Gasteiger partial charge in [-0.15, -0.1) is 6.58 Å². The molecule has 3 heteroatoms. The summed E-state index contributed by atoms with van der Waals surface area (Å²) in [5.74, 6) is 0. The van der Waals surface area contributed by atoms with E-state index in [9.17, 15) is 0 Å². The van der Waals surface area contributed by atoms with Gasteiger partial charge in [0.25, 0.3) is 0 Å². The number of halogens is 1. The van der Waals surface area contributed by atoms with Crippen LogP contribution in [0.2, 0.25) is 0 Å². The van der Waals surface area contributed by atoms with Crippen LogP contribution in [0, 0.1) is 13.8 Å². The minimum Gasteiger partial charge on any atom is -0.268 e. The third kappa shape index (κ3) is 2.44. The van der Waals surface area contributed by atoms with E-state index in [2.05, 4.69) is 34.5 Å². The zero-order valence-electron chi connectivity index (χ0n) is 8.18. The molecular weight excluding hydrogens is 228 g/mol. The van der Waals surface area contributed by atoms with Crippen LogP contribution in [-0.2, 0) is 6.54 Å². The van der Waals surface area contributed by atoms with Gasteiger partial charge in [0.05, 0.1) is 10.2 Å². The number of hydrogen-bond donors (Lipinski definition) is 0. The molecule has 0 bridgehead atoms. The second kappa shape index (κ2) is 4.61. The van der Waals surface area contributed by atoms with Crippen LogP contribution in [0.3, 0.4) is 0 Å². The van der Waals surface area contributed by atoms with E-state index in [1.54, 1.807) is 0 Å². The van der Waals surface area contributed by atoms with Crippen molar-refractivity contribution in [1.82, 2.24) is 9.78 Å². The van der Waals surface area contributed by atoms with Gasteiger partial charge in [0, 0.05) is 12.2 Å². The van der Waals surface area contributed by atoms with Crippen molar-refractivity contribution in [2.45, 2.75) is 33.2 Å². The highest BCUT2D eigenvalue weighted by atomic mass is 79.9. The van der Waals surface area contributed by atoms with E-state index in [0.717, 1.165) is 29.6 Å². The summed E-state index contributed by atoms with van der Waals surface area (Å²) in [6.45, 7) is 8.77. The SMILES string of the molecule is C=CCCCn1nc(C)c(Br)c1C. The Morgan fingerprint density at radius 3 is 2.69 bits per heavy atom. The maximum atomic E-state index is 4.42. The standard InChI is InChI=1S/C10H15BrN2/c1-4-5-6-7-13-9(3)10(11)8(2)12-13/h4H,1,5-7H2,2-3H3. The van der Waals surface area contributed by atoms with Gasteiger partial charge in [0.2, 0.25) is 0 Å². The maximum Gasteiger partial charge on any atom is 0.0738 e. The Bertz CT molecular complexity index is 302. The summed E-state index contributed by atoms with van der Waals surface area (Å²) < 4.78 is 3.18. The van der Waals surface area contributed by atoms with Crippen LogP contribution in [0.15, 0.2) is 17.1 Å². The molecule has 1 aromatic rings. The van der Waals surface area contributed by atoms with E-state index in [-0.39, 0.29) is 0 Å². The molecule has 1 rings (SSSR count). The van der Waals surface area contributed by atoms with Crippen molar-refractivity contribution in [3.8, 4) is 0 Å². The molecule has 0 fully saturated rings. The van der Waals surface area contributed by atoms with Crippen molar-refractivity contribution in [3.63, 3.8) is 0 Å². The normalized spacial score (nSPS) is 10.4. The van der Waals surface area contributed by atoms with Crippen LogP contribution in [-0.4, -0.2) is 9.78 Å². The predicted molar refractivity (Wildman–Crippen MR) is 58.8 cm³/mol. The highest BCUT2D eigenvalue weighted by Gasteiger charge is 2.07. The summed E-state index contributed by atoms with van der Waals surface area (Å²) in [4.78, 5) is 0. The van der Waals surface area contributed by atoms with Gasteiger partial charge in [0.15, 0.2) is 0 Å². The molecule has 0 N–H and O–H groups in total. The highest BCUT2D eigenvalue weighted by Crippen LogP contribution is 2.19. The lowest BCUT2D eigenvalue weighted by Crippen LogP contribution is -2.02. The molecule has 72 valence electrons. The minimum atomic E-state index is 0.976. The predicted octanol–water partition coefficient (Wildman–Crippen LogP) is 3.23. The molecule has 0 aromatic carbocycles. The number of rotatable bonds is 4. The summed E-state index contributed by atoms with van der Waals surface area (Å²) in [6, 6.07) is 0. The molecule has 0 unspecified atom stereocenters. The molecule has 0 amide bonds. The van der Waals surface area contributed by atoms with Gasteiger partial charge in [0.1, 0.15) is 0 Å². The first-order chi connectivity index (χ1) is 6.16. The van der Waals surface area contributed by atoms with Crippen molar-refractivity contribution >= 4 is 15.9 Å². The Morgan fingerprint density at radius 2 is 2.23 bits per heavy atom. The van der Waals surface area contributed by atoms with Crippen molar-refractivity contribution < 1.29 is 0 Å². The zero-order valence-corrected chi connectivity index (χ0v) is 9.76. The Morgan fingerprint density at radius 1 is 1.54 bits per heavy atom. The molecule has 0 saturated carbocycles. The lowest BCUT2D eigenvalue weighted by Gasteiger charge is -2.01. The van der Waals surface area contributed by atoms with Crippen LogP contribution in [0.5, 0.6) is 0 Å². The van der Waals surface area contributed by atoms with E-state index in [4.69, 9.17) is 0 Å². The van der Waals surface area contributed by atoms with Crippen LogP contribution >= 0.6 is 15.9 Å². The number of aryl methyl sites for hydroxylation is 2. The van der Waals surface area contributed by atoms with Crippen molar-refractivity contribution in [3.05, 3.63) is 28.5 Å². The molecule has 0 aliphatic carbocycles. The molecular formula is C10H15BrN2. The average Bonchev–Trinajstić information content (AvgIpc) is 2.34. The third-order valence-electron chi connectivity index (χ3n) is 2.07. The van der Waals surface area contributed by atoms with E-state index in [0.29, 0.717) is 0 Å². The summed E-state index contributed by atoms with van der Waals surface area (Å²) in [6.07, 6.45) is 4.11. The smallest absolute Gasteiger partial charge is 0.0738 e. The first kappa shape index (κ1) is 10.5. The monoisotopic (exact) mass is 242 g/mol. The van der Waals surface area contributed by atoms with Crippen LogP contribution in [0.25, 0.3) is 0 Å². The molecule has 0 spiro atoms. The second-order valence-electron chi connectivity index (χ2n) is 3.14. The molecule has 2 nitrogen and oxygen atoms in total. The highest BCUT2D eigenvalue weighted by molar-refractivity contribution is 9.10. The molecule has 0 radical (unpaired) electrons. The average molecular weight is 243 g/mol. The fourth-order valence-electron chi connectivity index (χ4n) is 1.28. The first-order valence-electron chi connectivity index (χ1n) is 4.47. The van der Waals surface area contributed by atoms with E-state index in [1.165, 1.54) is 5.69 Å². The molecule has 1 aromatic heterocycles. The van der Waals surface area contributed by atoms with Crippen molar-refractivity contribution in [2.75, 3.05) is 0 Å². The zero-order chi connectivity index (χ0) is 9.84. The maximum absolute atomic E-state index is 4.42. The summed E-state index contributed by atoms with van der Waals surface area (Å²) >= 11 is 3.51. The number of hydrogen-bond acceptors (Lipinski definition) is 1. The van der Waals surface area contributed by atoms with Gasteiger partial charge in [-0.1, -0.05) is 6.08 Å². The number of allylic oxidation sites excluding steroid dienone is 1.